The molecule has 0 saturated carbocycles. The summed E-state index contributed by atoms with van der Waals surface area (Å²) in [5, 5.41) is 3.58. The van der Waals surface area contributed by atoms with Gasteiger partial charge >= 0.3 is 0 Å². The lowest BCUT2D eigenvalue weighted by Gasteiger charge is -2.35. The average Bonchev–Trinajstić information content (AvgIpc) is 2.49. The smallest absolute Gasteiger partial charge is 0.151 e. The summed E-state index contributed by atoms with van der Waals surface area (Å²) in [7, 11) is -2.82. The molecular weight excluding hydrogens is 298 g/mol. The fourth-order valence-corrected chi connectivity index (χ4v) is 5.12. The largest absolute Gasteiger partial charge is 0.310 e. The zero-order valence-electron chi connectivity index (χ0n) is 12.9. The van der Waals surface area contributed by atoms with Crippen LogP contribution in [0.5, 0.6) is 0 Å². The predicted molar refractivity (Wildman–Crippen MR) is 87.3 cm³/mol. The molecule has 1 N–H and O–H groups in total. The van der Waals surface area contributed by atoms with E-state index in [1.165, 1.54) is 0 Å². The van der Waals surface area contributed by atoms with Gasteiger partial charge in [0.15, 0.2) is 9.84 Å². The Morgan fingerprint density at radius 3 is 2.68 bits per heavy atom. The van der Waals surface area contributed by atoms with E-state index in [2.05, 4.69) is 21.3 Å². The Kier molecular flexibility index (Phi) is 5.10. The van der Waals surface area contributed by atoms with Crippen LogP contribution in [0.25, 0.3) is 0 Å². The minimum atomic E-state index is -2.82. The van der Waals surface area contributed by atoms with Crippen molar-refractivity contribution < 1.29 is 8.42 Å². The minimum absolute atomic E-state index is 0.158. The number of nitrogens with zero attached hydrogens (tertiary/aromatic N) is 2. The Bertz CT molecular complexity index is 568. The maximum Gasteiger partial charge on any atom is 0.151 e. The van der Waals surface area contributed by atoms with Crippen LogP contribution in [0, 0.1) is 0 Å². The average molecular weight is 323 g/mol. The van der Waals surface area contributed by atoms with Crippen molar-refractivity contribution in [2.75, 3.05) is 24.6 Å². The van der Waals surface area contributed by atoms with Crippen molar-refractivity contribution in [3.05, 3.63) is 30.1 Å². The maximum atomic E-state index is 11.7. The first-order chi connectivity index (χ1) is 10.6. The molecule has 2 fully saturated rings. The first-order valence-electron chi connectivity index (χ1n) is 8.19. The molecule has 0 amide bonds. The van der Waals surface area contributed by atoms with Crippen LogP contribution in [0.4, 0.5) is 0 Å². The Balaban J connectivity index is 1.44. The molecule has 3 heterocycles. The van der Waals surface area contributed by atoms with E-state index in [1.807, 2.05) is 18.3 Å². The monoisotopic (exact) mass is 323 g/mol. The number of hydrogen-bond donors (Lipinski definition) is 1. The van der Waals surface area contributed by atoms with Crippen LogP contribution in [0.1, 0.15) is 31.4 Å². The Hall–Kier alpha value is -0.980. The van der Waals surface area contributed by atoms with Crippen molar-refractivity contribution in [2.24, 2.45) is 0 Å². The van der Waals surface area contributed by atoms with Gasteiger partial charge in [0, 0.05) is 37.9 Å². The molecule has 0 aliphatic carbocycles. The van der Waals surface area contributed by atoms with Gasteiger partial charge in [0.1, 0.15) is 0 Å². The molecule has 3 rings (SSSR count). The topological polar surface area (TPSA) is 62.3 Å². The van der Waals surface area contributed by atoms with E-state index in [0.29, 0.717) is 17.5 Å². The molecule has 0 radical (unpaired) electrons. The van der Waals surface area contributed by atoms with E-state index in [1.54, 1.807) is 0 Å². The van der Waals surface area contributed by atoms with Crippen LogP contribution in [0.3, 0.4) is 0 Å². The molecular formula is C16H25N3O2S. The molecule has 1 aromatic heterocycles. The van der Waals surface area contributed by atoms with Gasteiger partial charge in [-0.15, -0.1) is 0 Å². The molecule has 2 aliphatic heterocycles. The lowest BCUT2D eigenvalue weighted by Crippen LogP contribution is -2.49. The minimum Gasteiger partial charge on any atom is -0.310 e. The number of sulfone groups is 1. The highest BCUT2D eigenvalue weighted by Gasteiger charge is 2.28. The SMILES string of the molecule is O=S1(=O)CCCC(NC2CCN(Cc3ccccn3)CC2)C1. The molecule has 22 heavy (non-hydrogen) atoms. The van der Waals surface area contributed by atoms with Gasteiger partial charge in [-0.2, -0.15) is 0 Å². The van der Waals surface area contributed by atoms with E-state index < -0.39 is 9.84 Å². The number of aromatic nitrogens is 1. The molecule has 1 aromatic rings. The molecule has 122 valence electrons. The van der Waals surface area contributed by atoms with E-state index in [-0.39, 0.29) is 6.04 Å². The summed E-state index contributed by atoms with van der Waals surface area (Å²) in [5.41, 5.74) is 1.12. The van der Waals surface area contributed by atoms with Gasteiger partial charge in [0.05, 0.1) is 17.2 Å². The normalized spacial score (nSPS) is 26.8. The van der Waals surface area contributed by atoms with Crippen molar-refractivity contribution >= 4 is 9.84 Å². The highest BCUT2D eigenvalue weighted by molar-refractivity contribution is 7.91. The number of pyridine rings is 1. The van der Waals surface area contributed by atoms with Crippen LogP contribution < -0.4 is 5.32 Å². The van der Waals surface area contributed by atoms with Crippen molar-refractivity contribution in [1.29, 1.82) is 0 Å². The molecule has 0 aromatic carbocycles. The lowest BCUT2D eigenvalue weighted by atomic mass is 10.0. The summed E-state index contributed by atoms with van der Waals surface area (Å²) in [6.07, 6.45) is 5.81. The number of rotatable bonds is 4. The number of likely N-dealkylation sites (tertiary alicyclic amines) is 1. The predicted octanol–water partition coefficient (Wildman–Crippen LogP) is 1.21. The van der Waals surface area contributed by atoms with Gasteiger partial charge in [0.25, 0.3) is 0 Å². The number of piperidine rings is 1. The maximum absolute atomic E-state index is 11.7. The Labute approximate surface area is 133 Å². The summed E-state index contributed by atoms with van der Waals surface area (Å²) >= 11 is 0. The summed E-state index contributed by atoms with van der Waals surface area (Å²) in [4.78, 5) is 6.81. The van der Waals surface area contributed by atoms with Crippen LogP contribution >= 0.6 is 0 Å². The van der Waals surface area contributed by atoms with Crippen molar-refractivity contribution in [3.63, 3.8) is 0 Å². The standard InChI is InChI=1S/C16H25N3O2S/c20-22(21)11-3-5-16(13-22)18-14-6-9-19(10-7-14)12-15-4-1-2-8-17-15/h1-2,4,8,14,16,18H,3,5-7,9-13H2. The van der Waals surface area contributed by atoms with Gasteiger partial charge in [-0.1, -0.05) is 6.07 Å². The van der Waals surface area contributed by atoms with Gasteiger partial charge in [0.2, 0.25) is 0 Å². The van der Waals surface area contributed by atoms with Crippen LogP contribution in [-0.2, 0) is 16.4 Å². The zero-order valence-corrected chi connectivity index (χ0v) is 13.8. The van der Waals surface area contributed by atoms with E-state index in [0.717, 1.165) is 51.0 Å². The third-order valence-electron chi connectivity index (χ3n) is 4.63. The molecule has 5 nitrogen and oxygen atoms in total. The van der Waals surface area contributed by atoms with Crippen molar-refractivity contribution in [1.82, 2.24) is 15.2 Å². The van der Waals surface area contributed by atoms with E-state index >= 15 is 0 Å². The second-order valence-corrected chi connectivity index (χ2v) is 8.72. The van der Waals surface area contributed by atoms with Crippen molar-refractivity contribution in [3.8, 4) is 0 Å². The molecule has 6 heteroatoms. The van der Waals surface area contributed by atoms with Crippen LogP contribution in [0.2, 0.25) is 0 Å². The van der Waals surface area contributed by atoms with Crippen molar-refractivity contribution in [2.45, 2.75) is 44.3 Å². The molecule has 2 saturated heterocycles. The zero-order chi connectivity index (χ0) is 15.4. The molecule has 1 atom stereocenters. The highest BCUT2D eigenvalue weighted by Crippen LogP contribution is 2.17. The summed E-state index contributed by atoms with van der Waals surface area (Å²) in [6, 6.07) is 6.65. The second-order valence-electron chi connectivity index (χ2n) is 6.49. The summed E-state index contributed by atoms with van der Waals surface area (Å²) in [6.45, 7) is 3.01. The third kappa shape index (κ3) is 4.51. The molecule has 0 spiro atoms. The van der Waals surface area contributed by atoms with E-state index in [4.69, 9.17) is 0 Å². The first kappa shape index (κ1) is 15.9. The number of hydrogen-bond acceptors (Lipinski definition) is 5. The van der Waals surface area contributed by atoms with Crippen LogP contribution in [-0.4, -0.2) is 55.0 Å². The quantitative estimate of drug-likeness (QED) is 0.902. The lowest BCUT2D eigenvalue weighted by molar-refractivity contribution is 0.182. The summed E-state index contributed by atoms with van der Waals surface area (Å²) in [5.74, 6) is 0.689. The molecule has 1 unspecified atom stereocenters. The fraction of sp³-hybridized carbons (Fsp3) is 0.688. The second kappa shape index (κ2) is 7.06. The van der Waals surface area contributed by atoms with Gasteiger partial charge in [-0.25, -0.2) is 8.42 Å². The number of nitrogens with one attached hydrogen (secondary N) is 1. The molecule has 0 bridgehead atoms. The van der Waals surface area contributed by atoms with Gasteiger partial charge in [-0.3, -0.25) is 9.88 Å². The summed E-state index contributed by atoms with van der Waals surface area (Å²) < 4.78 is 23.4. The highest BCUT2D eigenvalue weighted by atomic mass is 32.2. The molecule has 2 aliphatic rings. The van der Waals surface area contributed by atoms with E-state index in [9.17, 15) is 8.42 Å². The van der Waals surface area contributed by atoms with Gasteiger partial charge < -0.3 is 5.32 Å². The fourth-order valence-electron chi connectivity index (χ4n) is 3.47. The Morgan fingerprint density at radius 1 is 1.18 bits per heavy atom. The van der Waals surface area contributed by atoms with Gasteiger partial charge in [-0.05, 0) is 37.8 Å². The Morgan fingerprint density at radius 2 is 2.00 bits per heavy atom. The first-order valence-corrected chi connectivity index (χ1v) is 10.0. The third-order valence-corrected chi connectivity index (χ3v) is 6.45. The van der Waals surface area contributed by atoms with Crippen LogP contribution in [0.15, 0.2) is 24.4 Å².